The Kier molecular flexibility index (Phi) is 2.80. The average Bonchev–Trinajstić information content (AvgIpc) is 1.64. The molecule has 52 valence electrons. The van der Waals surface area contributed by atoms with Crippen molar-refractivity contribution in [2.75, 3.05) is 0 Å². The topological polar surface area (TPSA) is 86.2 Å². The number of nitrogens with two attached hydrogens (primary N) is 2. The van der Waals surface area contributed by atoms with E-state index in [-0.39, 0.29) is 0 Å². The number of hydrogen-bond acceptors (Lipinski definition) is 4. The van der Waals surface area contributed by atoms with Gasteiger partial charge in [0.25, 0.3) is 0 Å². The smallest absolute Gasteiger partial charge is 0.195 e. The fourth-order valence-electron chi connectivity index (χ4n) is 0.264. The highest BCUT2D eigenvalue weighted by molar-refractivity contribution is 7.97. The Morgan fingerprint density at radius 3 is 1.56 bits per heavy atom. The fraction of sp³-hybridized carbons (Fsp3) is 0. The van der Waals surface area contributed by atoms with Crippen molar-refractivity contribution in [1.82, 2.24) is 0 Å². The Morgan fingerprint density at radius 2 is 1.33 bits per heavy atom. The summed E-state index contributed by atoms with van der Waals surface area (Å²) in [6.45, 7) is 0. The van der Waals surface area contributed by atoms with Gasteiger partial charge in [-0.3, -0.25) is 0 Å². The monoisotopic (exact) mass is 148 g/mol. The fourth-order valence-corrected chi connectivity index (χ4v) is 0.793. The van der Waals surface area contributed by atoms with Crippen molar-refractivity contribution in [1.29, 1.82) is 0 Å². The van der Waals surface area contributed by atoms with Crippen LogP contribution in [0, 0.1) is 0 Å². The zero-order valence-corrected chi connectivity index (χ0v) is 5.51. The number of hydrogen-bond donors (Lipinski definition) is 2. The lowest BCUT2D eigenvalue weighted by atomic mass is 11.1. The molecule has 0 amide bonds. The van der Waals surface area contributed by atoms with Crippen molar-refractivity contribution in [2.45, 2.75) is 0 Å². The predicted octanol–water partition coefficient (Wildman–Crippen LogP) is -0.739. The molecule has 0 heterocycles. The SMILES string of the molecule is NC=CS(=O)(=O)C=CN. The maximum Gasteiger partial charge on any atom is 0.195 e. The molecule has 0 rings (SSSR count). The van der Waals surface area contributed by atoms with E-state index in [1.165, 1.54) is 0 Å². The predicted molar refractivity (Wildman–Crippen MR) is 35.6 cm³/mol. The first kappa shape index (κ1) is 8.03. The Morgan fingerprint density at radius 1 is 1.00 bits per heavy atom. The maximum absolute atomic E-state index is 10.5. The Balaban J connectivity index is 4.42. The lowest BCUT2D eigenvalue weighted by Gasteiger charge is -1.82. The maximum atomic E-state index is 10.5. The quantitative estimate of drug-likeness (QED) is 0.540. The molecule has 0 saturated carbocycles. The first-order valence-electron chi connectivity index (χ1n) is 2.14. The zero-order valence-electron chi connectivity index (χ0n) is 4.69. The first-order valence-corrected chi connectivity index (χ1v) is 3.75. The van der Waals surface area contributed by atoms with E-state index in [0.29, 0.717) is 0 Å². The molecule has 5 heteroatoms. The van der Waals surface area contributed by atoms with Crippen molar-refractivity contribution in [3.05, 3.63) is 23.2 Å². The van der Waals surface area contributed by atoms with Crippen LogP contribution in [0.15, 0.2) is 23.2 Å². The third-order valence-corrected chi connectivity index (χ3v) is 1.61. The number of sulfone groups is 1. The van der Waals surface area contributed by atoms with Crippen LogP contribution in [-0.2, 0) is 9.84 Å². The van der Waals surface area contributed by atoms with Crippen LogP contribution in [-0.4, -0.2) is 8.42 Å². The van der Waals surface area contributed by atoms with E-state index in [1.807, 2.05) is 0 Å². The van der Waals surface area contributed by atoms with Crippen molar-refractivity contribution in [3.8, 4) is 0 Å². The van der Waals surface area contributed by atoms with Crippen LogP contribution >= 0.6 is 0 Å². The highest BCUT2D eigenvalue weighted by Gasteiger charge is 1.94. The minimum atomic E-state index is -3.29. The summed E-state index contributed by atoms with van der Waals surface area (Å²) in [6.07, 6.45) is 1.88. The molecule has 0 bridgehead atoms. The molecule has 0 unspecified atom stereocenters. The van der Waals surface area contributed by atoms with Crippen LogP contribution in [0.5, 0.6) is 0 Å². The van der Waals surface area contributed by atoms with Gasteiger partial charge < -0.3 is 11.5 Å². The van der Waals surface area contributed by atoms with Crippen LogP contribution in [0.1, 0.15) is 0 Å². The van der Waals surface area contributed by atoms with Gasteiger partial charge in [-0.2, -0.15) is 0 Å². The Labute approximate surface area is 53.8 Å². The van der Waals surface area contributed by atoms with Gasteiger partial charge in [0.05, 0.1) is 10.8 Å². The zero-order chi connectivity index (χ0) is 7.33. The molecule has 0 radical (unpaired) electrons. The van der Waals surface area contributed by atoms with Crippen LogP contribution in [0.3, 0.4) is 0 Å². The van der Waals surface area contributed by atoms with E-state index in [0.717, 1.165) is 23.2 Å². The highest BCUT2D eigenvalue weighted by Crippen LogP contribution is 1.90. The van der Waals surface area contributed by atoms with E-state index >= 15 is 0 Å². The van der Waals surface area contributed by atoms with Gasteiger partial charge in [-0.25, -0.2) is 8.42 Å². The number of rotatable bonds is 2. The standard InChI is InChI=1S/C4H8N2O2S/c5-1-3-9(7,8)4-2-6/h1-4H,5-6H2. The van der Waals surface area contributed by atoms with Crippen LogP contribution in [0.4, 0.5) is 0 Å². The first-order chi connectivity index (χ1) is 4.12. The van der Waals surface area contributed by atoms with Gasteiger partial charge in [0.2, 0.25) is 0 Å². The Hall–Kier alpha value is -0.970. The Bertz CT molecular complexity index is 197. The van der Waals surface area contributed by atoms with Gasteiger partial charge in [0.15, 0.2) is 9.84 Å². The molecular weight excluding hydrogens is 140 g/mol. The third kappa shape index (κ3) is 3.60. The summed E-state index contributed by atoms with van der Waals surface area (Å²) in [5, 5.41) is 1.72. The van der Waals surface area contributed by atoms with E-state index in [1.54, 1.807) is 0 Å². The van der Waals surface area contributed by atoms with Crippen LogP contribution in [0.25, 0.3) is 0 Å². The summed E-state index contributed by atoms with van der Waals surface area (Å²) in [7, 11) is -3.29. The third-order valence-electron chi connectivity index (χ3n) is 0.536. The molecule has 0 aliphatic carbocycles. The second-order valence-electron chi connectivity index (χ2n) is 1.25. The molecule has 0 spiro atoms. The largest absolute Gasteiger partial charge is 0.404 e. The normalized spacial score (nSPS) is 13.3. The van der Waals surface area contributed by atoms with Crippen molar-refractivity contribution in [3.63, 3.8) is 0 Å². The molecule has 0 aromatic rings. The van der Waals surface area contributed by atoms with E-state index in [9.17, 15) is 8.42 Å². The lowest BCUT2D eigenvalue weighted by Crippen LogP contribution is -1.92. The summed E-state index contributed by atoms with van der Waals surface area (Å²) in [5.41, 5.74) is 9.62. The molecule has 9 heavy (non-hydrogen) atoms. The van der Waals surface area contributed by atoms with Gasteiger partial charge in [-0.05, 0) is 0 Å². The summed E-state index contributed by atoms with van der Waals surface area (Å²) in [4.78, 5) is 0. The van der Waals surface area contributed by atoms with Gasteiger partial charge in [0, 0.05) is 12.4 Å². The molecule has 4 nitrogen and oxygen atoms in total. The second kappa shape index (κ2) is 3.13. The van der Waals surface area contributed by atoms with Gasteiger partial charge in [0.1, 0.15) is 0 Å². The van der Waals surface area contributed by atoms with Gasteiger partial charge in [-0.15, -0.1) is 0 Å². The minimum absolute atomic E-state index is 0.857. The molecule has 0 aromatic heterocycles. The molecule has 0 saturated heterocycles. The van der Waals surface area contributed by atoms with E-state index < -0.39 is 9.84 Å². The minimum Gasteiger partial charge on any atom is -0.404 e. The summed E-state index contributed by atoms with van der Waals surface area (Å²) in [6, 6.07) is 0. The molecule has 0 aromatic carbocycles. The van der Waals surface area contributed by atoms with E-state index in [2.05, 4.69) is 0 Å². The van der Waals surface area contributed by atoms with Crippen LogP contribution < -0.4 is 11.5 Å². The molecule has 0 aliphatic rings. The summed E-state index contributed by atoms with van der Waals surface area (Å²) in [5.74, 6) is 0. The van der Waals surface area contributed by atoms with Crippen LogP contribution in [0.2, 0.25) is 0 Å². The van der Waals surface area contributed by atoms with Gasteiger partial charge >= 0.3 is 0 Å². The van der Waals surface area contributed by atoms with Crippen molar-refractivity contribution < 1.29 is 8.42 Å². The summed E-state index contributed by atoms with van der Waals surface area (Å²) >= 11 is 0. The van der Waals surface area contributed by atoms with Crippen molar-refractivity contribution in [2.24, 2.45) is 11.5 Å². The molecular formula is C4H8N2O2S. The van der Waals surface area contributed by atoms with E-state index in [4.69, 9.17) is 11.5 Å². The molecule has 0 fully saturated rings. The average molecular weight is 148 g/mol. The second-order valence-corrected chi connectivity index (χ2v) is 2.97. The molecule has 0 atom stereocenters. The molecule has 4 N–H and O–H groups in total. The van der Waals surface area contributed by atoms with Crippen molar-refractivity contribution >= 4 is 9.84 Å². The molecule has 0 aliphatic heterocycles. The lowest BCUT2D eigenvalue weighted by molar-refractivity contribution is 0.612. The highest BCUT2D eigenvalue weighted by atomic mass is 32.2. The van der Waals surface area contributed by atoms with Gasteiger partial charge in [-0.1, -0.05) is 0 Å². The summed E-state index contributed by atoms with van der Waals surface area (Å²) < 4.78 is 21.0.